The van der Waals surface area contributed by atoms with Gasteiger partial charge in [-0.3, -0.25) is 4.79 Å². The molecule has 0 atom stereocenters. The standard InChI is InChI=1S/C11H23N3O.ClH/c1-14(2)9-8-13-10(15)11(12)6-4-3-5-7-11;/h3-9,12H2,1-2H3,(H,13,15);1H. The molecule has 0 unspecified atom stereocenters. The van der Waals surface area contributed by atoms with Crippen LogP contribution in [0.4, 0.5) is 0 Å². The normalized spacial score (nSPS) is 19.0. The van der Waals surface area contributed by atoms with Crippen LogP contribution in [0.25, 0.3) is 0 Å². The van der Waals surface area contributed by atoms with Gasteiger partial charge in [0, 0.05) is 13.1 Å². The molecule has 96 valence electrons. The Kier molecular flexibility index (Phi) is 6.95. The molecular weight excluding hydrogens is 226 g/mol. The summed E-state index contributed by atoms with van der Waals surface area (Å²) in [7, 11) is 3.98. The topological polar surface area (TPSA) is 58.4 Å². The van der Waals surface area contributed by atoms with Crippen molar-refractivity contribution in [3.63, 3.8) is 0 Å². The second-order valence-corrected chi connectivity index (χ2v) is 4.78. The summed E-state index contributed by atoms with van der Waals surface area (Å²) in [6, 6.07) is 0. The van der Waals surface area contributed by atoms with E-state index in [-0.39, 0.29) is 18.3 Å². The van der Waals surface area contributed by atoms with Crippen LogP contribution in [0.2, 0.25) is 0 Å². The molecule has 0 aromatic carbocycles. The SMILES string of the molecule is CN(C)CCNC(=O)C1(N)CCCCC1.Cl. The van der Waals surface area contributed by atoms with Gasteiger partial charge >= 0.3 is 0 Å². The molecule has 5 heteroatoms. The Morgan fingerprint density at radius 2 is 1.88 bits per heavy atom. The third-order valence-corrected chi connectivity index (χ3v) is 3.04. The molecule has 0 heterocycles. The van der Waals surface area contributed by atoms with E-state index in [0.717, 1.165) is 32.2 Å². The van der Waals surface area contributed by atoms with Crippen molar-refractivity contribution < 1.29 is 4.79 Å². The molecule has 1 amide bonds. The first-order valence-corrected chi connectivity index (χ1v) is 5.76. The van der Waals surface area contributed by atoms with Gasteiger partial charge in [0.2, 0.25) is 5.91 Å². The number of nitrogens with zero attached hydrogens (tertiary/aromatic N) is 1. The van der Waals surface area contributed by atoms with E-state index in [4.69, 9.17) is 5.73 Å². The van der Waals surface area contributed by atoms with Crippen LogP contribution in [0.3, 0.4) is 0 Å². The van der Waals surface area contributed by atoms with Crippen molar-refractivity contribution in [2.24, 2.45) is 5.73 Å². The molecule has 1 saturated carbocycles. The van der Waals surface area contributed by atoms with Crippen molar-refractivity contribution in [1.29, 1.82) is 0 Å². The summed E-state index contributed by atoms with van der Waals surface area (Å²) in [5, 5.41) is 2.92. The van der Waals surface area contributed by atoms with E-state index in [1.165, 1.54) is 6.42 Å². The molecule has 0 bridgehead atoms. The lowest BCUT2D eigenvalue weighted by Gasteiger charge is -2.31. The summed E-state index contributed by atoms with van der Waals surface area (Å²) < 4.78 is 0. The van der Waals surface area contributed by atoms with Crippen molar-refractivity contribution >= 4 is 18.3 Å². The first-order chi connectivity index (χ1) is 7.04. The van der Waals surface area contributed by atoms with E-state index >= 15 is 0 Å². The predicted octanol–water partition coefficient (Wildman–Crippen LogP) is 0.748. The first-order valence-electron chi connectivity index (χ1n) is 5.76. The van der Waals surface area contributed by atoms with Crippen LogP contribution in [0, 0.1) is 0 Å². The van der Waals surface area contributed by atoms with Crippen LogP contribution in [0.15, 0.2) is 0 Å². The number of likely N-dealkylation sites (N-methyl/N-ethyl adjacent to an activating group) is 1. The average Bonchev–Trinajstić information content (AvgIpc) is 2.18. The van der Waals surface area contributed by atoms with Gasteiger partial charge in [-0.1, -0.05) is 19.3 Å². The maximum absolute atomic E-state index is 11.8. The van der Waals surface area contributed by atoms with Crippen LogP contribution < -0.4 is 11.1 Å². The number of hydrogen-bond acceptors (Lipinski definition) is 3. The lowest BCUT2D eigenvalue weighted by atomic mass is 9.82. The number of carbonyl (C=O) groups is 1. The highest BCUT2D eigenvalue weighted by Gasteiger charge is 2.34. The highest BCUT2D eigenvalue weighted by atomic mass is 35.5. The number of rotatable bonds is 4. The third kappa shape index (κ3) is 4.68. The second kappa shape index (κ2) is 7.09. The van der Waals surface area contributed by atoms with Crippen molar-refractivity contribution in [2.45, 2.75) is 37.6 Å². The summed E-state index contributed by atoms with van der Waals surface area (Å²) in [4.78, 5) is 13.9. The fourth-order valence-electron chi connectivity index (χ4n) is 1.98. The van der Waals surface area contributed by atoms with Gasteiger partial charge in [0.1, 0.15) is 0 Å². The second-order valence-electron chi connectivity index (χ2n) is 4.78. The smallest absolute Gasteiger partial charge is 0.240 e. The first kappa shape index (κ1) is 15.7. The van der Waals surface area contributed by atoms with Gasteiger partial charge < -0.3 is 16.0 Å². The molecule has 0 radical (unpaired) electrons. The Balaban J connectivity index is 0.00000225. The Morgan fingerprint density at radius 1 is 1.31 bits per heavy atom. The quantitative estimate of drug-likeness (QED) is 0.773. The molecule has 0 saturated heterocycles. The minimum Gasteiger partial charge on any atom is -0.353 e. The summed E-state index contributed by atoms with van der Waals surface area (Å²) in [5.41, 5.74) is 5.50. The molecule has 0 aromatic heterocycles. The summed E-state index contributed by atoms with van der Waals surface area (Å²) in [5.74, 6) is 0.0315. The van der Waals surface area contributed by atoms with Crippen molar-refractivity contribution in [3.8, 4) is 0 Å². The molecule has 4 nitrogen and oxygen atoms in total. The van der Waals surface area contributed by atoms with Crippen molar-refractivity contribution in [3.05, 3.63) is 0 Å². The highest BCUT2D eigenvalue weighted by Crippen LogP contribution is 2.25. The largest absolute Gasteiger partial charge is 0.353 e. The average molecular weight is 250 g/mol. The zero-order chi connectivity index (χ0) is 11.3. The predicted molar refractivity (Wildman–Crippen MR) is 68.8 cm³/mol. The van der Waals surface area contributed by atoms with Gasteiger partial charge in [-0.25, -0.2) is 0 Å². The minimum atomic E-state index is -0.593. The summed E-state index contributed by atoms with van der Waals surface area (Å²) in [6.45, 7) is 1.55. The van der Waals surface area contributed by atoms with Crippen LogP contribution in [-0.4, -0.2) is 43.5 Å². The van der Waals surface area contributed by atoms with Gasteiger partial charge in [0.05, 0.1) is 5.54 Å². The zero-order valence-electron chi connectivity index (χ0n) is 10.3. The van der Waals surface area contributed by atoms with E-state index in [1.807, 2.05) is 19.0 Å². The molecule has 0 spiro atoms. The van der Waals surface area contributed by atoms with E-state index < -0.39 is 5.54 Å². The Bertz CT molecular complexity index is 215. The van der Waals surface area contributed by atoms with Crippen LogP contribution in [0.1, 0.15) is 32.1 Å². The molecule has 16 heavy (non-hydrogen) atoms. The number of halogens is 1. The molecular formula is C11H24ClN3O. The molecule has 1 rings (SSSR count). The van der Waals surface area contributed by atoms with E-state index in [0.29, 0.717) is 6.54 Å². The Labute approximate surface area is 104 Å². The van der Waals surface area contributed by atoms with Crippen molar-refractivity contribution in [2.75, 3.05) is 27.2 Å². The maximum atomic E-state index is 11.8. The fourth-order valence-corrected chi connectivity index (χ4v) is 1.98. The number of nitrogens with one attached hydrogen (secondary N) is 1. The molecule has 1 aliphatic carbocycles. The van der Waals surface area contributed by atoms with Crippen molar-refractivity contribution in [1.82, 2.24) is 10.2 Å². The minimum absolute atomic E-state index is 0. The third-order valence-electron chi connectivity index (χ3n) is 3.04. The van der Waals surface area contributed by atoms with Gasteiger partial charge in [0.25, 0.3) is 0 Å². The van der Waals surface area contributed by atoms with Gasteiger partial charge in [0.15, 0.2) is 0 Å². The van der Waals surface area contributed by atoms with Gasteiger partial charge in [-0.15, -0.1) is 12.4 Å². The van der Waals surface area contributed by atoms with E-state index in [2.05, 4.69) is 5.32 Å². The Morgan fingerprint density at radius 3 is 2.38 bits per heavy atom. The number of carbonyl (C=O) groups excluding carboxylic acids is 1. The Hall–Kier alpha value is -0.320. The molecule has 1 fully saturated rings. The fraction of sp³-hybridized carbons (Fsp3) is 0.909. The molecule has 1 aliphatic rings. The molecule has 0 aromatic rings. The van der Waals surface area contributed by atoms with Gasteiger partial charge in [-0.2, -0.15) is 0 Å². The zero-order valence-corrected chi connectivity index (χ0v) is 11.1. The van der Waals surface area contributed by atoms with Crippen LogP contribution in [-0.2, 0) is 4.79 Å². The van der Waals surface area contributed by atoms with E-state index in [1.54, 1.807) is 0 Å². The van der Waals surface area contributed by atoms with Gasteiger partial charge in [-0.05, 0) is 26.9 Å². The maximum Gasteiger partial charge on any atom is 0.240 e. The van der Waals surface area contributed by atoms with Crippen LogP contribution >= 0.6 is 12.4 Å². The lowest BCUT2D eigenvalue weighted by molar-refractivity contribution is -0.127. The number of hydrogen-bond donors (Lipinski definition) is 2. The number of nitrogens with two attached hydrogens (primary N) is 1. The lowest BCUT2D eigenvalue weighted by Crippen LogP contribution is -2.55. The monoisotopic (exact) mass is 249 g/mol. The summed E-state index contributed by atoms with van der Waals surface area (Å²) in [6.07, 6.45) is 5.04. The molecule has 3 N–H and O–H groups in total. The molecule has 0 aliphatic heterocycles. The highest BCUT2D eigenvalue weighted by molar-refractivity contribution is 5.86. The van der Waals surface area contributed by atoms with Crippen LogP contribution in [0.5, 0.6) is 0 Å². The van der Waals surface area contributed by atoms with E-state index in [9.17, 15) is 4.79 Å². The summed E-state index contributed by atoms with van der Waals surface area (Å²) >= 11 is 0. The number of amides is 1.